The normalized spacial score (nSPS) is 12.0. The number of carbonyl (C=O) groups excluding carboxylic acids is 1. The molecule has 0 unspecified atom stereocenters. The second-order valence-corrected chi connectivity index (χ2v) is 7.82. The van der Waals surface area contributed by atoms with Gasteiger partial charge in [0.1, 0.15) is 5.01 Å². The van der Waals surface area contributed by atoms with Crippen LogP contribution in [0.15, 0.2) is 47.3 Å². The molecule has 0 fully saturated rings. The molecule has 4 rings (SSSR count). The van der Waals surface area contributed by atoms with Crippen LogP contribution in [0.2, 0.25) is 0 Å². The molecule has 0 amide bonds. The van der Waals surface area contributed by atoms with Gasteiger partial charge >= 0.3 is 6.18 Å². The fraction of sp³-hybridized carbons (Fsp3) is 0.200. The Morgan fingerprint density at radius 2 is 1.87 bits per heavy atom. The fourth-order valence-corrected chi connectivity index (χ4v) is 4.17. The van der Waals surface area contributed by atoms with Gasteiger partial charge in [0.2, 0.25) is 0 Å². The highest BCUT2D eigenvalue weighted by Crippen LogP contribution is 2.27. The largest absolute Gasteiger partial charge is 0.550 e. The zero-order chi connectivity index (χ0) is 21.5. The molecule has 0 aliphatic heterocycles. The van der Waals surface area contributed by atoms with Crippen molar-refractivity contribution in [3.05, 3.63) is 69.1 Å². The molecule has 0 N–H and O–H groups in total. The summed E-state index contributed by atoms with van der Waals surface area (Å²) in [6.45, 7) is -0.0301. The molecule has 0 aliphatic carbocycles. The van der Waals surface area contributed by atoms with Crippen LogP contribution < -0.4 is 10.7 Å². The Bertz CT molecular complexity index is 1330. The van der Waals surface area contributed by atoms with E-state index >= 15 is 0 Å². The predicted molar refractivity (Wildman–Crippen MR) is 103 cm³/mol. The van der Waals surface area contributed by atoms with E-state index < -0.39 is 30.5 Å². The quantitative estimate of drug-likeness (QED) is 0.484. The van der Waals surface area contributed by atoms with Gasteiger partial charge in [0.05, 0.1) is 34.3 Å². The smallest absolute Gasteiger partial charge is 0.393 e. The molecule has 10 heteroatoms. The molecule has 30 heavy (non-hydrogen) atoms. The monoisotopic (exact) mass is 432 g/mol. The minimum atomic E-state index is -4.32. The Hall–Kier alpha value is -3.27. The molecule has 0 aliphatic rings. The third-order valence-electron chi connectivity index (χ3n) is 4.44. The van der Waals surface area contributed by atoms with E-state index in [4.69, 9.17) is 0 Å². The molecule has 6 nitrogen and oxygen atoms in total. The molecular formula is C20H13F3N3O3S-. The minimum absolute atomic E-state index is 0.0301. The summed E-state index contributed by atoms with van der Waals surface area (Å²) in [6, 6.07) is 10.9. The zero-order valence-corrected chi connectivity index (χ0v) is 16.1. The Morgan fingerprint density at radius 3 is 2.57 bits per heavy atom. The average molecular weight is 432 g/mol. The van der Waals surface area contributed by atoms with E-state index in [1.165, 1.54) is 23.5 Å². The molecule has 0 bridgehead atoms. The molecule has 154 valence electrons. The minimum Gasteiger partial charge on any atom is -0.550 e. The first-order chi connectivity index (χ1) is 14.2. The molecule has 0 atom stereocenters. The van der Waals surface area contributed by atoms with Crippen LogP contribution in [-0.4, -0.2) is 26.9 Å². The Kier molecular flexibility index (Phi) is 5.02. The van der Waals surface area contributed by atoms with Crippen molar-refractivity contribution in [1.29, 1.82) is 0 Å². The van der Waals surface area contributed by atoms with Gasteiger partial charge in [-0.15, -0.1) is 11.3 Å². The van der Waals surface area contributed by atoms with Crippen LogP contribution >= 0.6 is 11.3 Å². The third kappa shape index (κ3) is 4.18. The van der Waals surface area contributed by atoms with Crippen LogP contribution in [-0.2, 0) is 24.2 Å². The van der Waals surface area contributed by atoms with Crippen molar-refractivity contribution in [2.24, 2.45) is 0 Å². The SMILES string of the molecule is O=C([O-])Cc1nn(Cc2nc3cc(CC(F)(F)F)ccc3s2)c(=O)c2ccccc12. The number of thiazole rings is 1. The molecule has 2 heterocycles. The van der Waals surface area contributed by atoms with Crippen molar-refractivity contribution >= 4 is 38.3 Å². The maximum Gasteiger partial charge on any atom is 0.393 e. The summed E-state index contributed by atoms with van der Waals surface area (Å²) in [7, 11) is 0. The van der Waals surface area contributed by atoms with Crippen LogP contribution in [0.4, 0.5) is 13.2 Å². The summed E-state index contributed by atoms with van der Waals surface area (Å²) in [5, 5.41) is 16.5. The number of nitrogens with zero attached hydrogens (tertiary/aromatic N) is 3. The van der Waals surface area contributed by atoms with E-state index in [0.29, 0.717) is 26.0 Å². The van der Waals surface area contributed by atoms with Gasteiger partial charge in [-0.1, -0.05) is 24.3 Å². The highest BCUT2D eigenvalue weighted by Gasteiger charge is 2.27. The average Bonchev–Trinajstić information content (AvgIpc) is 3.05. The highest BCUT2D eigenvalue weighted by atomic mass is 32.1. The van der Waals surface area contributed by atoms with E-state index in [0.717, 1.165) is 4.68 Å². The van der Waals surface area contributed by atoms with E-state index in [9.17, 15) is 27.9 Å². The van der Waals surface area contributed by atoms with Crippen molar-refractivity contribution in [2.75, 3.05) is 0 Å². The number of rotatable bonds is 5. The standard InChI is InChI=1S/C20H14F3N3O3S/c21-20(22,23)9-11-5-6-16-15(7-11)24-17(30-16)10-26-19(29)13-4-2-1-3-12(13)14(25-26)8-18(27)28/h1-7H,8-10H2,(H,27,28)/p-1. The number of hydrogen-bond donors (Lipinski definition) is 0. The predicted octanol–water partition coefficient (Wildman–Crippen LogP) is 2.45. The van der Waals surface area contributed by atoms with Crippen molar-refractivity contribution in [3.63, 3.8) is 0 Å². The number of fused-ring (bicyclic) bond motifs is 2. The second-order valence-electron chi connectivity index (χ2n) is 6.71. The second kappa shape index (κ2) is 7.52. The maximum absolute atomic E-state index is 12.8. The summed E-state index contributed by atoms with van der Waals surface area (Å²) in [5.41, 5.74) is 0.285. The number of hydrogen-bond acceptors (Lipinski definition) is 6. The van der Waals surface area contributed by atoms with Crippen molar-refractivity contribution in [3.8, 4) is 0 Å². The van der Waals surface area contributed by atoms with Crippen LogP contribution in [0.1, 0.15) is 16.3 Å². The number of halogens is 3. The Labute approximate surface area is 171 Å². The molecular weight excluding hydrogens is 419 g/mol. The van der Waals surface area contributed by atoms with Gasteiger partial charge in [0.15, 0.2) is 0 Å². The first kappa shape index (κ1) is 20.0. The van der Waals surface area contributed by atoms with Gasteiger partial charge in [-0.2, -0.15) is 18.3 Å². The van der Waals surface area contributed by atoms with Gasteiger partial charge in [0, 0.05) is 17.8 Å². The fourth-order valence-electron chi connectivity index (χ4n) is 3.24. The first-order valence-electron chi connectivity index (χ1n) is 8.83. The maximum atomic E-state index is 12.8. The number of carboxylic acid groups (broad SMARTS) is 1. The highest BCUT2D eigenvalue weighted by molar-refractivity contribution is 7.18. The van der Waals surface area contributed by atoms with Crippen molar-refractivity contribution in [1.82, 2.24) is 14.8 Å². The molecule has 0 spiro atoms. The van der Waals surface area contributed by atoms with Crippen molar-refractivity contribution in [2.45, 2.75) is 25.6 Å². The van der Waals surface area contributed by atoms with Gasteiger partial charge in [-0.05, 0) is 23.8 Å². The number of carboxylic acids is 1. The molecule has 2 aromatic carbocycles. The lowest BCUT2D eigenvalue weighted by molar-refractivity contribution is -0.304. The lowest BCUT2D eigenvalue weighted by atomic mass is 10.1. The summed E-state index contributed by atoms with van der Waals surface area (Å²) in [6.07, 6.45) is -5.82. The molecule has 2 aromatic heterocycles. The lowest BCUT2D eigenvalue weighted by Gasteiger charge is -2.10. The lowest BCUT2D eigenvalue weighted by Crippen LogP contribution is -2.29. The number of carbonyl (C=O) groups is 1. The van der Waals surface area contributed by atoms with Gasteiger partial charge in [-0.3, -0.25) is 4.79 Å². The van der Waals surface area contributed by atoms with E-state index in [2.05, 4.69) is 10.1 Å². The number of aromatic nitrogens is 3. The molecule has 0 radical (unpaired) electrons. The van der Waals surface area contributed by atoms with Crippen LogP contribution in [0.5, 0.6) is 0 Å². The summed E-state index contributed by atoms with van der Waals surface area (Å²) in [4.78, 5) is 28.2. The third-order valence-corrected chi connectivity index (χ3v) is 5.46. The Balaban J connectivity index is 1.73. The first-order valence-corrected chi connectivity index (χ1v) is 9.65. The molecule has 4 aromatic rings. The number of benzene rings is 2. The number of aliphatic carboxylic acids is 1. The van der Waals surface area contributed by atoms with E-state index in [1.54, 1.807) is 30.3 Å². The van der Waals surface area contributed by atoms with Crippen LogP contribution in [0, 0.1) is 0 Å². The topological polar surface area (TPSA) is 87.9 Å². The van der Waals surface area contributed by atoms with Crippen LogP contribution in [0.3, 0.4) is 0 Å². The number of alkyl halides is 3. The molecule has 0 saturated heterocycles. The van der Waals surface area contributed by atoms with Gasteiger partial charge < -0.3 is 9.90 Å². The van der Waals surface area contributed by atoms with Gasteiger partial charge in [0.25, 0.3) is 5.56 Å². The van der Waals surface area contributed by atoms with E-state index in [-0.39, 0.29) is 17.8 Å². The van der Waals surface area contributed by atoms with E-state index in [1.807, 2.05) is 0 Å². The Morgan fingerprint density at radius 1 is 1.13 bits per heavy atom. The molecule has 0 saturated carbocycles. The van der Waals surface area contributed by atoms with Gasteiger partial charge in [-0.25, -0.2) is 9.67 Å². The summed E-state index contributed by atoms with van der Waals surface area (Å²) < 4.78 is 39.7. The van der Waals surface area contributed by atoms with Crippen LogP contribution in [0.25, 0.3) is 21.0 Å². The zero-order valence-electron chi connectivity index (χ0n) is 15.3. The summed E-state index contributed by atoms with van der Waals surface area (Å²) in [5.74, 6) is -1.32. The van der Waals surface area contributed by atoms with Crippen molar-refractivity contribution < 1.29 is 23.1 Å². The summed E-state index contributed by atoms with van der Waals surface area (Å²) >= 11 is 1.23.